The summed E-state index contributed by atoms with van der Waals surface area (Å²) in [6.45, 7) is -3.36. The highest BCUT2D eigenvalue weighted by Gasteiger charge is 2.36. The smallest absolute Gasteiger partial charge is 0.387 e. The van der Waals surface area contributed by atoms with Crippen LogP contribution in [-0.2, 0) is 11.3 Å². The van der Waals surface area contributed by atoms with Crippen LogP contribution < -0.4 is 14.8 Å². The van der Waals surface area contributed by atoms with Crippen LogP contribution >= 0.6 is 0 Å². The summed E-state index contributed by atoms with van der Waals surface area (Å²) in [6.07, 6.45) is 0. The number of carbonyl (C=O) groups is 3. The number of amides is 3. The SMILES string of the molecule is COc1cc(CNC(=O)CN2C(=O)c3ccccc3C2=O)ccc1OC(F)F. The lowest BCUT2D eigenvalue weighted by Crippen LogP contribution is -2.40. The van der Waals surface area contributed by atoms with Gasteiger partial charge in [-0.15, -0.1) is 0 Å². The van der Waals surface area contributed by atoms with Gasteiger partial charge in [-0.2, -0.15) is 8.78 Å². The van der Waals surface area contributed by atoms with Gasteiger partial charge in [-0.1, -0.05) is 18.2 Å². The first kappa shape index (κ1) is 19.3. The zero-order valence-corrected chi connectivity index (χ0v) is 14.8. The van der Waals surface area contributed by atoms with Crippen molar-refractivity contribution in [1.82, 2.24) is 10.2 Å². The van der Waals surface area contributed by atoms with E-state index in [1.165, 1.54) is 37.4 Å². The standard InChI is InChI=1S/C19H16F2N2O5/c1-27-15-8-11(6-7-14(15)28-19(20)21)9-22-16(24)10-23-17(25)12-4-2-3-5-13(12)18(23)26/h2-8,19H,9-10H2,1H3,(H,22,24). The molecule has 0 bridgehead atoms. The van der Waals surface area contributed by atoms with Crippen LogP contribution in [0.5, 0.6) is 11.5 Å². The molecule has 9 heteroatoms. The number of imide groups is 1. The molecule has 7 nitrogen and oxygen atoms in total. The third kappa shape index (κ3) is 3.93. The van der Waals surface area contributed by atoms with E-state index in [0.717, 1.165) is 4.90 Å². The normalized spacial score (nSPS) is 12.9. The molecular formula is C19H16F2N2O5. The Morgan fingerprint density at radius 3 is 2.29 bits per heavy atom. The van der Waals surface area contributed by atoms with E-state index in [1.807, 2.05) is 0 Å². The van der Waals surface area contributed by atoms with E-state index in [0.29, 0.717) is 5.56 Å². The second kappa shape index (κ2) is 8.03. The quantitative estimate of drug-likeness (QED) is 0.733. The van der Waals surface area contributed by atoms with Crippen molar-refractivity contribution in [3.63, 3.8) is 0 Å². The van der Waals surface area contributed by atoms with E-state index in [2.05, 4.69) is 10.1 Å². The van der Waals surface area contributed by atoms with Crippen molar-refractivity contribution in [3.05, 3.63) is 59.2 Å². The van der Waals surface area contributed by atoms with Gasteiger partial charge in [0.15, 0.2) is 11.5 Å². The predicted octanol–water partition coefficient (Wildman–Crippen LogP) is 2.21. The van der Waals surface area contributed by atoms with Crippen molar-refractivity contribution < 1.29 is 32.6 Å². The number of ether oxygens (including phenoxy) is 2. The van der Waals surface area contributed by atoms with E-state index in [4.69, 9.17) is 4.74 Å². The van der Waals surface area contributed by atoms with Gasteiger partial charge in [0.2, 0.25) is 5.91 Å². The first-order valence-electron chi connectivity index (χ1n) is 8.24. The highest BCUT2D eigenvalue weighted by molar-refractivity contribution is 6.22. The summed E-state index contributed by atoms with van der Waals surface area (Å²) in [7, 11) is 1.30. The molecule has 1 heterocycles. The van der Waals surface area contributed by atoms with Gasteiger partial charge in [0, 0.05) is 6.54 Å². The first-order chi connectivity index (χ1) is 13.4. The topological polar surface area (TPSA) is 84.9 Å². The van der Waals surface area contributed by atoms with Crippen LogP contribution in [0.25, 0.3) is 0 Å². The zero-order valence-electron chi connectivity index (χ0n) is 14.8. The number of benzene rings is 2. The van der Waals surface area contributed by atoms with Crippen LogP contribution in [0.4, 0.5) is 8.78 Å². The number of alkyl halides is 2. The molecule has 0 saturated heterocycles. The fraction of sp³-hybridized carbons (Fsp3) is 0.211. The summed E-state index contributed by atoms with van der Waals surface area (Å²) in [5, 5.41) is 2.58. The lowest BCUT2D eigenvalue weighted by Gasteiger charge is -2.14. The van der Waals surface area contributed by atoms with Crippen molar-refractivity contribution in [2.75, 3.05) is 13.7 Å². The molecule has 1 N–H and O–H groups in total. The fourth-order valence-electron chi connectivity index (χ4n) is 2.80. The zero-order chi connectivity index (χ0) is 20.3. The molecule has 3 amide bonds. The van der Waals surface area contributed by atoms with Gasteiger partial charge >= 0.3 is 6.61 Å². The number of methoxy groups -OCH3 is 1. The van der Waals surface area contributed by atoms with Gasteiger partial charge in [-0.05, 0) is 29.8 Å². The summed E-state index contributed by atoms with van der Waals surface area (Å²) in [6, 6.07) is 10.6. The fourth-order valence-corrected chi connectivity index (χ4v) is 2.80. The van der Waals surface area contributed by atoms with E-state index < -0.39 is 30.9 Å². The summed E-state index contributed by atoms with van der Waals surface area (Å²) in [5.74, 6) is -1.62. The molecule has 1 aliphatic rings. The predicted molar refractivity (Wildman–Crippen MR) is 93.3 cm³/mol. The average molecular weight is 390 g/mol. The van der Waals surface area contributed by atoms with Crippen molar-refractivity contribution in [2.24, 2.45) is 0 Å². The molecule has 1 aliphatic heterocycles. The van der Waals surface area contributed by atoms with Crippen LogP contribution in [0.1, 0.15) is 26.3 Å². The molecule has 0 atom stereocenters. The molecule has 0 aliphatic carbocycles. The minimum Gasteiger partial charge on any atom is -0.493 e. The number of carbonyl (C=O) groups excluding carboxylic acids is 3. The Labute approximate surface area is 158 Å². The highest BCUT2D eigenvalue weighted by Crippen LogP contribution is 2.29. The molecule has 0 unspecified atom stereocenters. The molecular weight excluding hydrogens is 374 g/mol. The Hall–Kier alpha value is -3.49. The monoisotopic (exact) mass is 390 g/mol. The van der Waals surface area contributed by atoms with Gasteiger partial charge in [0.1, 0.15) is 6.54 Å². The Kier molecular flexibility index (Phi) is 5.53. The van der Waals surface area contributed by atoms with Crippen LogP contribution in [0.15, 0.2) is 42.5 Å². The molecule has 2 aromatic rings. The molecule has 0 saturated carbocycles. The largest absolute Gasteiger partial charge is 0.493 e. The second-order valence-electron chi connectivity index (χ2n) is 5.88. The summed E-state index contributed by atoms with van der Waals surface area (Å²) in [4.78, 5) is 37.6. The number of halogens is 2. The van der Waals surface area contributed by atoms with Crippen molar-refractivity contribution >= 4 is 17.7 Å². The van der Waals surface area contributed by atoms with Crippen LogP contribution in [-0.4, -0.2) is 42.9 Å². The number of nitrogens with zero attached hydrogens (tertiary/aromatic N) is 1. The average Bonchev–Trinajstić information content (AvgIpc) is 2.92. The third-order valence-corrected chi connectivity index (χ3v) is 4.11. The maximum absolute atomic E-state index is 12.4. The Bertz CT molecular complexity index is 897. The minimum absolute atomic E-state index is 0.0489. The molecule has 146 valence electrons. The Morgan fingerprint density at radius 1 is 1.07 bits per heavy atom. The van der Waals surface area contributed by atoms with Gasteiger partial charge in [0.25, 0.3) is 11.8 Å². The summed E-state index contributed by atoms with van der Waals surface area (Å²) in [5.41, 5.74) is 1.09. The first-order valence-corrected chi connectivity index (χ1v) is 8.24. The Balaban J connectivity index is 1.61. The number of hydrogen-bond donors (Lipinski definition) is 1. The Morgan fingerprint density at radius 2 is 1.71 bits per heavy atom. The molecule has 0 radical (unpaired) electrons. The van der Waals surface area contributed by atoms with Gasteiger partial charge in [-0.25, -0.2) is 0 Å². The number of rotatable bonds is 7. The van der Waals surface area contributed by atoms with E-state index in [1.54, 1.807) is 12.1 Å². The molecule has 2 aromatic carbocycles. The summed E-state index contributed by atoms with van der Waals surface area (Å²) >= 11 is 0. The van der Waals surface area contributed by atoms with Gasteiger partial charge in [-0.3, -0.25) is 19.3 Å². The van der Waals surface area contributed by atoms with Crippen LogP contribution in [0.3, 0.4) is 0 Å². The van der Waals surface area contributed by atoms with E-state index >= 15 is 0 Å². The van der Waals surface area contributed by atoms with E-state index in [-0.39, 0.29) is 29.2 Å². The second-order valence-corrected chi connectivity index (χ2v) is 5.88. The summed E-state index contributed by atoms with van der Waals surface area (Å²) < 4.78 is 34.0. The van der Waals surface area contributed by atoms with Crippen LogP contribution in [0.2, 0.25) is 0 Å². The molecule has 0 aromatic heterocycles. The number of fused-ring (bicyclic) bond motifs is 1. The number of hydrogen-bond acceptors (Lipinski definition) is 5. The lowest BCUT2D eigenvalue weighted by atomic mass is 10.1. The van der Waals surface area contributed by atoms with Crippen molar-refractivity contribution in [3.8, 4) is 11.5 Å². The number of nitrogens with one attached hydrogen (secondary N) is 1. The maximum atomic E-state index is 12.4. The molecule has 28 heavy (non-hydrogen) atoms. The highest BCUT2D eigenvalue weighted by atomic mass is 19.3. The van der Waals surface area contributed by atoms with Crippen molar-refractivity contribution in [2.45, 2.75) is 13.2 Å². The molecule has 0 spiro atoms. The molecule has 0 fully saturated rings. The van der Waals surface area contributed by atoms with Gasteiger partial charge in [0.05, 0.1) is 18.2 Å². The third-order valence-electron chi connectivity index (χ3n) is 4.11. The maximum Gasteiger partial charge on any atom is 0.387 e. The minimum atomic E-state index is -2.99. The van der Waals surface area contributed by atoms with Gasteiger partial charge < -0.3 is 14.8 Å². The van der Waals surface area contributed by atoms with E-state index in [9.17, 15) is 23.2 Å². The lowest BCUT2D eigenvalue weighted by molar-refractivity contribution is -0.121. The van der Waals surface area contributed by atoms with Crippen molar-refractivity contribution in [1.29, 1.82) is 0 Å². The van der Waals surface area contributed by atoms with Crippen LogP contribution in [0, 0.1) is 0 Å². The molecule has 3 rings (SSSR count).